The molecule has 1 saturated heterocycles. The summed E-state index contributed by atoms with van der Waals surface area (Å²) in [5.74, 6) is 1.51. The van der Waals surface area contributed by atoms with E-state index >= 15 is 0 Å². The summed E-state index contributed by atoms with van der Waals surface area (Å²) in [6.07, 6.45) is 3.61. The van der Waals surface area contributed by atoms with E-state index in [1.165, 1.54) is 19.3 Å². The third-order valence-corrected chi connectivity index (χ3v) is 3.68. The zero-order chi connectivity index (χ0) is 12.0. The van der Waals surface area contributed by atoms with Gasteiger partial charge in [-0.3, -0.25) is 0 Å². The van der Waals surface area contributed by atoms with E-state index in [0.29, 0.717) is 6.04 Å². The van der Waals surface area contributed by atoms with Gasteiger partial charge in [0.1, 0.15) is 0 Å². The van der Waals surface area contributed by atoms with Crippen molar-refractivity contribution in [2.24, 2.45) is 17.6 Å². The molecule has 0 aromatic carbocycles. The molecule has 2 N–H and O–H groups in total. The molecule has 96 valence electrons. The number of nitrogens with two attached hydrogens (primary N) is 1. The Morgan fingerprint density at radius 2 is 1.94 bits per heavy atom. The smallest absolute Gasteiger partial charge is 0.0469 e. The molecule has 0 radical (unpaired) electrons. The van der Waals surface area contributed by atoms with E-state index in [4.69, 9.17) is 10.5 Å². The van der Waals surface area contributed by atoms with Gasteiger partial charge in [-0.15, -0.1) is 0 Å². The summed E-state index contributed by atoms with van der Waals surface area (Å²) in [5.41, 5.74) is 5.93. The molecule has 1 unspecified atom stereocenters. The van der Waals surface area contributed by atoms with Crippen LogP contribution in [-0.2, 0) is 4.74 Å². The highest BCUT2D eigenvalue weighted by Gasteiger charge is 2.25. The number of nitrogens with zero attached hydrogens (tertiary/aromatic N) is 1. The third-order valence-electron chi connectivity index (χ3n) is 3.68. The van der Waals surface area contributed by atoms with Crippen molar-refractivity contribution in [1.82, 2.24) is 4.90 Å². The lowest BCUT2D eigenvalue weighted by Gasteiger charge is -2.36. The molecule has 1 rings (SSSR count). The molecule has 0 aromatic rings. The first kappa shape index (κ1) is 13.9. The standard InChI is InChI=1S/C13H28N2O/c1-11(2)4-7-15(3)13(10-14)12-5-8-16-9-6-12/h11-13H,4-10,14H2,1-3H3. The van der Waals surface area contributed by atoms with E-state index in [1.807, 2.05) is 0 Å². The summed E-state index contributed by atoms with van der Waals surface area (Å²) in [6.45, 7) is 8.33. The van der Waals surface area contributed by atoms with Gasteiger partial charge in [-0.1, -0.05) is 13.8 Å². The van der Waals surface area contributed by atoms with Crippen LogP contribution >= 0.6 is 0 Å². The fourth-order valence-corrected chi connectivity index (χ4v) is 2.46. The average Bonchev–Trinajstić information content (AvgIpc) is 2.29. The lowest BCUT2D eigenvalue weighted by atomic mass is 9.90. The van der Waals surface area contributed by atoms with E-state index in [9.17, 15) is 0 Å². The molecule has 1 aliphatic heterocycles. The van der Waals surface area contributed by atoms with Crippen LogP contribution in [0.25, 0.3) is 0 Å². The summed E-state index contributed by atoms with van der Waals surface area (Å²) >= 11 is 0. The molecular formula is C13H28N2O. The van der Waals surface area contributed by atoms with Gasteiger partial charge in [0.25, 0.3) is 0 Å². The predicted octanol–water partition coefficient (Wildman–Crippen LogP) is 1.72. The van der Waals surface area contributed by atoms with E-state index in [0.717, 1.165) is 38.1 Å². The van der Waals surface area contributed by atoms with Crippen molar-refractivity contribution in [3.8, 4) is 0 Å². The van der Waals surface area contributed by atoms with Crippen LogP contribution in [0.5, 0.6) is 0 Å². The molecular weight excluding hydrogens is 200 g/mol. The second-order valence-corrected chi connectivity index (χ2v) is 5.42. The van der Waals surface area contributed by atoms with Crippen molar-refractivity contribution in [3.05, 3.63) is 0 Å². The van der Waals surface area contributed by atoms with E-state index in [1.54, 1.807) is 0 Å². The number of rotatable bonds is 6. The molecule has 16 heavy (non-hydrogen) atoms. The maximum absolute atomic E-state index is 5.93. The minimum absolute atomic E-state index is 0.544. The topological polar surface area (TPSA) is 38.5 Å². The number of likely N-dealkylation sites (N-methyl/N-ethyl adjacent to an activating group) is 1. The van der Waals surface area contributed by atoms with Gasteiger partial charge in [0.05, 0.1) is 0 Å². The van der Waals surface area contributed by atoms with Crippen LogP contribution in [0.3, 0.4) is 0 Å². The number of ether oxygens (including phenoxy) is 1. The van der Waals surface area contributed by atoms with Gasteiger partial charge in [0, 0.05) is 25.8 Å². The molecule has 3 nitrogen and oxygen atoms in total. The van der Waals surface area contributed by atoms with Crippen molar-refractivity contribution in [3.63, 3.8) is 0 Å². The third kappa shape index (κ3) is 4.40. The molecule has 1 atom stereocenters. The van der Waals surface area contributed by atoms with E-state index in [-0.39, 0.29) is 0 Å². The van der Waals surface area contributed by atoms with Crippen molar-refractivity contribution in [1.29, 1.82) is 0 Å². The van der Waals surface area contributed by atoms with Gasteiger partial charge in [-0.05, 0) is 44.7 Å². The van der Waals surface area contributed by atoms with E-state index < -0.39 is 0 Å². The highest BCUT2D eigenvalue weighted by Crippen LogP contribution is 2.22. The number of hydrogen-bond acceptors (Lipinski definition) is 3. The minimum atomic E-state index is 0.544. The zero-order valence-corrected chi connectivity index (χ0v) is 11.1. The Balaban J connectivity index is 2.38. The summed E-state index contributed by atoms with van der Waals surface area (Å²) in [6, 6.07) is 0.544. The van der Waals surface area contributed by atoms with Gasteiger partial charge in [0.2, 0.25) is 0 Å². The molecule has 0 spiro atoms. The van der Waals surface area contributed by atoms with Crippen molar-refractivity contribution in [2.45, 2.75) is 39.2 Å². The van der Waals surface area contributed by atoms with Gasteiger partial charge >= 0.3 is 0 Å². The normalized spacial score (nSPS) is 20.6. The molecule has 0 amide bonds. The Hall–Kier alpha value is -0.120. The minimum Gasteiger partial charge on any atom is -0.381 e. The van der Waals surface area contributed by atoms with Crippen LogP contribution in [0.4, 0.5) is 0 Å². The van der Waals surface area contributed by atoms with Crippen LogP contribution in [0.15, 0.2) is 0 Å². The molecule has 0 bridgehead atoms. The molecule has 1 fully saturated rings. The highest BCUT2D eigenvalue weighted by atomic mass is 16.5. The quantitative estimate of drug-likeness (QED) is 0.752. The van der Waals surface area contributed by atoms with Gasteiger partial charge in [-0.25, -0.2) is 0 Å². The predicted molar refractivity (Wildman–Crippen MR) is 68.5 cm³/mol. The van der Waals surface area contributed by atoms with Gasteiger partial charge < -0.3 is 15.4 Å². The SMILES string of the molecule is CC(C)CCN(C)C(CN)C1CCOCC1. The largest absolute Gasteiger partial charge is 0.381 e. The Kier molecular flexibility index (Phi) is 6.32. The van der Waals surface area contributed by atoms with Gasteiger partial charge in [-0.2, -0.15) is 0 Å². The van der Waals surface area contributed by atoms with Crippen molar-refractivity contribution in [2.75, 3.05) is 33.4 Å². The van der Waals surface area contributed by atoms with Crippen LogP contribution in [0.2, 0.25) is 0 Å². The Morgan fingerprint density at radius 3 is 2.44 bits per heavy atom. The highest BCUT2D eigenvalue weighted by molar-refractivity contribution is 4.80. The Bertz CT molecular complexity index is 179. The molecule has 0 saturated carbocycles. The maximum atomic E-state index is 5.93. The summed E-state index contributed by atoms with van der Waals surface area (Å²) < 4.78 is 5.41. The molecule has 3 heteroatoms. The average molecular weight is 228 g/mol. The fourth-order valence-electron chi connectivity index (χ4n) is 2.46. The summed E-state index contributed by atoms with van der Waals surface area (Å²) in [4.78, 5) is 2.45. The van der Waals surface area contributed by atoms with Crippen molar-refractivity contribution < 1.29 is 4.74 Å². The first-order valence-corrected chi connectivity index (χ1v) is 6.63. The maximum Gasteiger partial charge on any atom is 0.0469 e. The Morgan fingerprint density at radius 1 is 1.31 bits per heavy atom. The monoisotopic (exact) mass is 228 g/mol. The van der Waals surface area contributed by atoms with Crippen molar-refractivity contribution >= 4 is 0 Å². The lowest BCUT2D eigenvalue weighted by molar-refractivity contribution is 0.0329. The molecule has 1 aliphatic rings. The first-order valence-electron chi connectivity index (χ1n) is 6.63. The van der Waals surface area contributed by atoms with Crippen LogP contribution in [0.1, 0.15) is 33.1 Å². The van der Waals surface area contributed by atoms with Gasteiger partial charge in [0.15, 0.2) is 0 Å². The summed E-state index contributed by atoms with van der Waals surface area (Å²) in [5, 5.41) is 0. The zero-order valence-electron chi connectivity index (χ0n) is 11.1. The lowest BCUT2D eigenvalue weighted by Crippen LogP contribution is -2.45. The molecule has 1 heterocycles. The number of hydrogen-bond donors (Lipinski definition) is 1. The van der Waals surface area contributed by atoms with Crippen LogP contribution in [0, 0.1) is 11.8 Å². The summed E-state index contributed by atoms with van der Waals surface area (Å²) in [7, 11) is 2.22. The van der Waals surface area contributed by atoms with Crippen LogP contribution in [-0.4, -0.2) is 44.3 Å². The van der Waals surface area contributed by atoms with E-state index in [2.05, 4.69) is 25.8 Å². The van der Waals surface area contributed by atoms with Crippen LogP contribution < -0.4 is 5.73 Å². The second-order valence-electron chi connectivity index (χ2n) is 5.42. The molecule has 0 aromatic heterocycles. The Labute approximate surface area is 100 Å². The second kappa shape index (κ2) is 7.25. The fraction of sp³-hybridized carbons (Fsp3) is 1.00. The molecule has 0 aliphatic carbocycles. The first-order chi connectivity index (χ1) is 7.65.